The standard InChI is InChI=1S/C22H24N4OS/c1-5-14-9-10-24-18(11-14)17-12-16(15(6-2)7-3)13-19-20(17)28-22(25-19)26-21(27)23-8-4/h6-7,9-13H,2,5,8H2,1,3-4H3,(H2,23,25,26,27)/b15-7+. The predicted octanol–water partition coefficient (Wildman–Crippen LogP) is 5.65. The van der Waals surface area contributed by atoms with Gasteiger partial charge in [0.15, 0.2) is 5.13 Å². The third-order valence-electron chi connectivity index (χ3n) is 4.42. The molecule has 0 radical (unpaired) electrons. The van der Waals surface area contributed by atoms with Gasteiger partial charge in [-0.2, -0.15) is 0 Å². The molecule has 2 amide bonds. The van der Waals surface area contributed by atoms with Gasteiger partial charge < -0.3 is 5.32 Å². The summed E-state index contributed by atoms with van der Waals surface area (Å²) in [6.07, 6.45) is 6.64. The Morgan fingerprint density at radius 2 is 2.11 bits per heavy atom. The smallest absolute Gasteiger partial charge is 0.321 e. The number of aromatic nitrogens is 2. The molecule has 28 heavy (non-hydrogen) atoms. The normalized spacial score (nSPS) is 11.5. The number of carbonyl (C=O) groups excluding carboxylic acids is 1. The number of amides is 2. The molecule has 5 nitrogen and oxygen atoms in total. The Balaban J connectivity index is 2.19. The number of anilines is 1. The first-order valence-electron chi connectivity index (χ1n) is 9.33. The van der Waals surface area contributed by atoms with Gasteiger partial charge in [0.2, 0.25) is 0 Å². The van der Waals surface area contributed by atoms with E-state index in [0.717, 1.165) is 39.0 Å². The van der Waals surface area contributed by atoms with Crippen molar-refractivity contribution in [3.05, 3.63) is 60.3 Å². The third kappa shape index (κ3) is 4.12. The Labute approximate surface area is 169 Å². The van der Waals surface area contributed by atoms with Crippen LogP contribution in [0.15, 0.2) is 49.2 Å². The number of thiazole rings is 1. The van der Waals surface area contributed by atoms with Crippen LogP contribution >= 0.6 is 11.3 Å². The summed E-state index contributed by atoms with van der Waals surface area (Å²) in [5.41, 5.74) is 6.02. The lowest BCUT2D eigenvalue weighted by atomic mass is 9.99. The molecule has 144 valence electrons. The fourth-order valence-electron chi connectivity index (χ4n) is 2.99. The van der Waals surface area contributed by atoms with Gasteiger partial charge in [0.25, 0.3) is 0 Å². The van der Waals surface area contributed by atoms with Crippen molar-refractivity contribution in [2.45, 2.75) is 27.2 Å². The number of hydrogen-bond donors (Lipinski definition) is 2. The number of allylic oxidation sites excluding steroid dienone is 3. The highest BCUT2D eigenvalue weighted by molar-refractivity contribution is 7.22. The van der Waals surface area contributed by atoms with Gasteiger partial charge in [-0.3, -0.25) is 10.3 Å². The highest BCUT2D eigenvalue weighted by atomic mass is 32.1. The van der Waals surface area contributed by atoms with E-state index in [9.17, 15) is 4.79 Å². The van der Waals surface area contributed by atoms with Gasteiger partial charge in [0.05, 0.1) is 15.9 Å². The summed E-state index contributed by atoms with van der Waals surface area (Å²) in [4.78, 5) is 21.1. The van der Waals surface area contributed by atoms with E-state index in [1.807, 2.05) is 44.3 Å². The maximum Gasteiger partial charge on any atom is 0.321 e. The molecule has 0 saturated carbocycles. The van der Waals surface area contributed by atoms with Gasteiger partial charge in [-0.15, -0.1) is 0 Å². The Kier molecular flexibility index (Phi) is 6.21. The molecule has 6 heteroatoms. The summed E-state index contributed by atoms with van der Waals surface area (Å²) >= 11 is 1.45. The van der Waals surface area contributed by atoms with E-state index in [1.54, 1.807) is 0 Å². The molecular weight excluding hydrogens is 368 g/mol. The monoisotopic (exact) mass is 392 g/mol. The van der Waals surface area contributed by atoms with E-state index in [4.69, 9.17) is 0 Å². The fourth-order valence-corrected chi connectivity index (χ4v) is 3.95. The number of rotatable bonds is 6. The Morgan fingerprint density at radius 3 is 2.79 bits per heavy atom. The zero-order valence-corrected chi connectivity index (χ0v) is 17.2. The second kappa shape index (κ2) is 8.80. The number of aryl methyl sites for hydroxylation is 1. The number of pyridine rings is 1. The van der Waals surface area contributed by atoms with Gasteiger partial charge in [-0.25, -0.2) is 9.78 Å². The van der Waals surface area contributed by atoms with Gasteiger partial charge in [0.1, 0.15) is 0 Å². The first-order valence-corrected chi connectivity index (χ1v) is 10.1. The van der Waals surface area contributed by atoms with Gasteiger partial charge in [0, 0.05) is 18.3 Å². The van der Waals surface area contributed by atoms with Crippen molar-refractivity contribution in [3.63, 3.8) is 0 Å². The summed E-state index contributed by atoms with van der Waals surface area (Å²) in [7, 11) is 0. The number of fused-ring (bicyclic) bond motifs is 1. The topological polar surface area (TPSA) is 66.9 Å². The molecule has 2 heterocycles. The van der Waals surface area contributed by atoms with Crippen LogP contribution in [0.2, 0.25) is 0 Å². The lowest BCUT2D eigenvalue weighted by molar-refractivity contribution is 0.252. The van der Waals surface area contributed by atoms with Crippen molar-refractivity contribution >= 4 is 38.3 Å². The minimum atomic E-state index is -0.255. The minimum Gasteiger partial charge on any atom is -0.338 e. The number of nitrogens with zero attached hydrogens (tertiary/aromatic N) is 2. The second-order valence-electron chi connectivity index (χ2n) is 6.23. The number of benzene rings is 1. The highest BCUT2D eigenvalue weighted by Gasteiger charge is 2.15. The van der Waals surface area contributed by atoms with Crippen molar-refractivity contribution in [2.24, 2.45) is 0 Å². The molecule has 0 aliphatic rings. The first kappa shape index (κ1) is 19.8. The first-order chi connectivity index (χ1) is 13.6. The van der Waals surface area contributed by atoms with Crippen molar-refractivity contribution in [1.82, 2.24) is 15.3 Å². The summed E-state index contributed by atoms with van der Waals surface area (Å²) in [6.45, 7) is 10.5. The fraction of sp³-hybridized carbons (Fsp3) is 0.227. The van der Waals surface area contributed by atoms with Gasteiger partial charge in [-0.05, 0) is 61.2 Å². The van der Waals surface area contributed by atoms with Crippen LogP contribution in [0.4, 0.5) is 9.93 Å². The molecule has 0 aliphatic heterocycles. The summed E-state index contributed by atoms with van der Waals surface area (Å²) in [5.74, 6) is 0. The third-order valence-corrected chi connectivity index (χ3v) is 5.44. The molecule has 0 aliphatic carbocycles. The summed E-state index contributed by atoms with van der Waals surface area (Å²) < 4.78 is 0.996. The van der Waals surface area contributed by atoms with Crippen LogP contribution in [0.5, 0.6) is 0 Å². The molecule has 0 saturated heterocycles. The van der Waals surface area contributed by atoms with Crippen LogP contribution in [-0.4, -0.2) is 22.5 Å². The largest absolute Gasteiger partial charge is 0.338 e. The molecule has 0 spiro atoms. The summed E-state index contributed by atoms with van der Waals surface area (Å²) in [6, 6.07) is 8.03. The molecule has 0 fully saturated rings. The zero-order valence-electron chi connectivity index (χ0n) is 16.4. The van der Waals surface area contributed by atoms with Crippen LogP contribution in [0.25, 0.3) is 27.0 Å². The average Bonchev–Trinajstić information content (AvgIpc) is 3.10. The lowest BCUT2D eigenvalue weighted by Crippen LogP contribution is -2.28. The zero-order chi connectivity index (χ0) is 20.1. The number of urea groups is 1. The van der Waals surface area contributed by atoms with E-state index < -0.39 is 0 Å². The Hall–Kier alpha value is -2.99. The molecule has 2 N–H and O–H groups in total. The molecule has 1 aromatic carbocycles. The lowest BCUT2D eigenvalue weighted by Gasteiger charge is -2.08. The highest BCUT2D eigenvalue weighted by Crippen LogP contribution is 2.37. The minimum absolute atomic E-state index is 0.255. The Bertz CT molecular complexity index is 1050. The van der Waals surface area contributed by atoms with Crippen LogP contribution in [0.3, 0.4) is 0 Å². The molecule has 0 bridgehead atoms. The van der Waals surface area contributed by atoms with Crippen molar-refractivity contribution in [2.75, 3.05) is 11.9 Å². The van der Waals surface area contributed by atoms with E-state index in [-0.39, 0.29) is 6.03 Å². The Morgan fingerprint density at radius 1 is 1.29 bits per heavy atom. The van der Waals surface area contributed by atoms with E-state index in [2.05, 4.69) is 46.2 Å². The molecule has 3 aromatic rings. The van der Waals surface area contributed by atoms with Crippen molar-refractivity contribution in [3.8, 4) is 11.3 Å². The maximum absolute atomic E-state index is 11.9. The maximum atomic E-state index is 11.9. The van der Waals surface area contributed by atoms with Gasteiger partial charge >= 0.3 is 6.03 Å². The number of hydrogen-bond acceptors (Lipinski definition) is 4. The van der Waals surface area contributed by atoms with E-state index >= 15 is 0 Å². The SMILES string of the molecule is C=C/C(=C\C)c1cc(-c2cc(CC)ccn2)c2sc(NC(=O)NCC)nc2c1. The molecule has 0 atom stereocenters. The predicted molar refractivity (Wildman–Crippen MR) is 119 cm³/mol. The van der Waals surface area contributed by atoms with Crippen molar-refractivity contribution < 1.29 is 4.79 Å². The van der Waals surface area contributed by atoms with E-state index in [1.165, 1.54) is 16.9 Å². The van der Waals surface area contributed by atoms with Crippen LogP contribution in [0, 0.1) is 0 Å². The molecular formula is C22H24N4OS. The van der Waals surface area contributed by atoms with E-state index in [0.29, 0.717) is 11.7 Å². The average molecular weight is 393 g/mol. The molecule has 3 rings (SSSR count). The number of nitrogens with one attached hydrogen (secondary N) is 2. The quantitative estimate of drug-likeness (QED) is 0.533. The van der Waals surface area contributed by atoms with Crippen LogP contribution < -0.4 is 10.6 Å². The van der Waals surface area contributed by atoms with Crippen LogP contribution in [-0.2, 0) is 6.42 Å². The number of carbonyl (C=O) groups is 1. The molecule has 0 unspecified atom stereocenters. The van der Waals surface area contributed by atoms with Crippen LogP contribution in [0.1, 0.15) is 31.9 Å². The van der Waals surface area contributed by atoms with Crippen molar-refractivity contribution in [1.29, 1.82) is 0 Å². The molecule has 2 aromatic heterocycles. The second-order valence-corrected chi connectivity index (χ2v) is 7.23. The summed E-state index contributed by atoms with van der Waals surface area (Å²) in [5, 5.41) is 6.10. The van der Waals surface area contributed by atoms with Gasteiger partial charge in [-0.1, -0.05) is 37.0 Å².